The Balaban J connectivity index is 2.88. The molecule has 0 saturated carbocycles. The Morgan fingerprint density at radius 3 is 2.64 bits per heavy atom. The Hall–Kier alpha value is -0.700. The van der Waals surface area contributed by atoms with E-state index in [-0.39, 0.29) is 0 Å². The largest absolute Gasteiger partial charge is 0.430 e. The van der Waals surface area contributed by atoms with E-state index in [1.807, 2.05) is 19.9 Å². The third-order valence-electron chi connectivity index (χ3n) is 1.85. The quantitative estimate of drug-likeness (QED) is 0.673. The first-order chi connectivity index (χ1) is 5.18. The molecule has 11 heavy (non-hydrogen) atoms. The van der Waals surface area contributed by atoms with Gasteiger partial charge in [-0.3, -0.25) is 0 Å². The van der Waals surface area contributed by atoms with Gasteiger partial charge in [0.25, 0.3) is 5.78 Å². The molecule has 0 aliphatic carbocycles. The zero-order valence-corrected chi connectivity index (χ0v) is 7.86. The van der Waals surface area contributed by atoms with Crippen LogP contribution in [0, 0.1) is 13.8 Å². The zero-order valence-electron chi connectivity index (χ0n) is 6.27. The first-order valence-corrected chi connectivity index (χ1v) is 4.13. The van der Waals surface area contributed by atoms with E-state index in [1.165, 1.54) is 0 Å². The fraction of sp³-hybridized carbons (Fsp3) is 0.250. The van der Waals surface area contributed by atoms with Crippen molar-refractivity contribution in [2.45, 2.75) is 13.8 Å². The van der Waals surface area contributed by atoms with Crippen LogP contribution in [0.3, 0.4) is 0 Å². The van der Waals surface area contributed by atoms with Crippen LogP contribution in [0.1, 0.15) is 11.3 Å². The van der Waals surface area contributed by atoms with Crippen LogP contribution in [0.15, 0.2) is 19.6 Å². The lowest BCUT2D eigenvalue weighted by atomic mass is 10.2. The minimum Gasteiger partial charge on any atom is -0.430 e. The van der Waals surface area contributed by atoms with Crippen molar-refractivity contribution in [3.8, 4) is 0 Å². The summed E-state index contributed by atoms with van der Waals surface area (Å²) < 4.78 is 11.3. The summed E-state index contributed by atoms with van der Waals surface area (Å²) in [6.45, 7) is 3.95. The molecule has 0 aromatic carbocycles. The summed E-state index contributed by atoms with van der Waals surface area (Å²) in [6.07, 6.45) is 0. The highest BCUT2D eigenvalue weighted by atomic mass is 79.9. The average molecular weight is 215 g/mol. The Labute approximate surface area is 72.3 Å². The van der Waals surface area contributed by atoms with Gasteiger partial charge in [-0.25, -0.2) is 0 Å². The fourth-order valence-electron chi connectivity index (χ4n) is 1.09. The molecule has 0 aliphatic rings. The SMILES string of the molecule is Cc1oc2oc(Br)cc2c1C. The summed E-state index contributed by atoms with van der Waals surface area (Å²) in [6, 6.07) is 1.92. The maximum Gasteiger partial charge on any atom is 0.298 e. The van der Waals surface area contributed by atoms with Gasteiger partial charge in [0.15, 0.2) is 4.67 Å². The first kappa shape index (κ1) is 6.98. The second-order valence-electron chi connectivity index (χ2n) is 2.53. The maximum atomic E-state index is 5.32. The third kappa shape index (κ3) is 0.913. The van der Waals surface area contributed by atoms with Gasteiger partial charge in [-0.1, -0.05) is 0 Å². The van der Waals surface area contributed by atoms with Crippen molar-refractivity contribution in [1.82, 2.24) is 0 Å². The minimum atomic E-state index is 0.604. The van der Waals surface area contributed by atoms with Crippen LogP contribution in [0.5, 0.6) is 0 Å². The van der Waals surface area contributed by atoms with Gasteiger partial charge < -0.3 is 8.83 Å². The van der Waals surface area contributed by atoms with Crippen molar-refractivity contribution < 1.29 is 8.83 Å². The monoisotopic (exact) mass is 214 g/mol. The van der Waals surface area contributed by atoms with Crippen molar-refractivity contribution >= 4 is 27.1 Å². The number of hydrogen-bond donors (Lipinski definition) is 0. The van der Waals surface area contributed by atoms with Gasteiger partial charge in [-0.15, -0.1) is 0 Å². The molecule has 3 heteroatoms. The standard InChI is InChI=1S/C8H7BrO2/c1-4-5(2)10-8-6(4)3-7(9)11-8/h3H,1-2H3. The van der Waals surface area contributed by atoms with E-state index in [0.717, 1.165) is 16.7 Å². The third-order valence-corrected chi connectivity index (χ3v) is 2.24. The van der Waals surface area contributed by atoms with Crippen molar-refractivity contribution in [3.05, 3.63) is 22.1 Å². The van der Waals surface area contributed by atoms with Crippen LogP contribution in [-0.2, 0) is 0 Å². The smallest absolute Gasteiger partial charge is 0.298 e. The Bertz CT molecular complexity index is 397. The van der Waals surface area contributed by atoms with Crippen LogP contribution < -0.4 is 0 Å². The van der Waals surface area contributed by atoms with E-state index in [9.17, 15) is 0 Å². The predicted molar refractivity (Wildman–Crippen MR) is 45.7 cm³/mol. The predicted octanol–water partition coefficient (Wildman–Crippen LogP) is 3.41. The van der Waals surface area contributed by atoms with Gasteiger partial charge in [-0.2, -0.15) is 0 Å². The highest BCUT2D eigenvalue weighted by molar-refractivity contribution is 9.10. The molecule has 2 heterocycles. The van der Waals surface area contributed by atoms with Gasteiger partial charge in [0, 0.05) is 11.6 Å². The van der Waals surface area contributed by atoms with Crippen molar-refractivity contribution in [2.24, 2.45) is 0 Å². The molecule has 0 unspecified atom stereocenters. The van der Waals surface area contributed by atoms with E-state index in [2.05, 4.69) is 15.9 Å². The Morgan fingerprint density at radius 1 is 1.27 bits per heavy atom. The highest BCUT2D eigenvalue weighted by Crippen LogP contribution is 2.29. The minimum absolute atomic E-state index is 0.604. The van der Waals surface area contributed by atoms with Gasteiger partial charge >= 0.3 is 0 Å². The summed E-state index contributed by atoms with van der Waals surface area (Å²) in [5.41, 5.74) is 1.15. The van der Waals surface area contributed by atoms with E-state index < -0.39 is 0 Å². The van der Waals surface area contributed by atoms with Gasteiger partial charge in [0.05, 0.1) is 5.39 Å². The molecule has 0 aliphatic heterocycles. The Kier molecular flexibility index (Phi) is 1.36. The van der Waals surface area contributed by atoms with Gasteiger partial charge in [0.1, 0.15) is 5.76 Å². The summed E-state index contributed by atoms with van der Waals surface area (Å²) in [5, 5.41) is 1.05. The fourth-order valence-corrected chi connectivity index (χ4v) is 1.46. The number of rotatable bonds is 0. The molecule has 0 atom stereocenters. The zero-order chi connectivity index (χ0) is 8.01. The molecule has 0 N–H and O–H groups in total. The van der Waals surface area contributed by atoms with Crippen LogP contribution in [-0.4, -0.2) is 0 Å². The van der Waals surface area contributed by atoms with Crippen molar-refractivity contribution in [2.75, 3.05) is 0 Å². The van der Waals surface area contributed by atoms with E-state index in [4.69, 9.17) is 8.83 Å². The number of aryl methyl sites for hydroxylation is 2. The second-order valence-corrected chi connectivity index (χ2v) is 3.32. The molecule has 0 saturated heterocycles. The summed E-state index contributed by atoms with van der Waals surface area (Å²) >= 11 is 3.24. The lowest BCUT2D eigenvalue weighted by Gasteiger charge is -1.83. The van der Waals surface area contributed by atoms with Crippen LogP contribution >= 0.6 is 15.9 Å². The molecular weight excluding hydrogens is 208 g/mol. The second kappa shape index (κ2) is 2.14. The molecule has 2 rings (SSSR count). The average Bonchev–Trinajstić information content (AvgIpc) is 2.37. The molecule has 58 valence electrons. The lowest BCUT2D eigenvalue weighted by Crippen LogP contribution is -1.67. The molecule has 0 radical (unpaired) electrons. The molecule has 2 nitrogen and oxygen atoms in total. The summed E-state index contributed by atoms with van der Waals surface area (Å²) in [5.74, 6) is 1.53. The number of halogens is 1. The van der Waals surface area contributed by atoms with E-state index in [1.54, 1.807) is 0 Å². The number of furan rings is 2. The van der Waals surface area contributed by atoms with Crippen LogP contribution in [0.25, 0.3) is 11.2 Å². The van der Waals surface area contributed by atoms with Gasteiger partial charge in [0.2, 0.25) is 0 Å². The molecular formula is C8H7BrO2. The summed E-state index contributed by atoms with van der Waals surface area (Å²) in [7, 11) is 0. The lowest BCUT2D eigenvalue weighted by molar-refractivity contribution is 0.450. The molecule has 0 spiro atoms. The molecule has 0 amide bonds. The molecule has 2 aromatic heterocycles. The topological polar surface area (TPSA) is 26.3 Å². The normalized spacial score (nSPS) is 11.2. The van der Waals surface area contributed by atoms with Gasteiger partial charge in [-0.05, 0) is 29.8 Å². The maximum absolute atomic E-state index is 5.32. The number of fused-ring (bicyclic) bond motifs is 1. The molecule has 2 aromatic rings. The highest BCUT2D eigenvalue weighted by Gasteiger charge is 2.10. The van der Waals surface area contributed by atoms with E-state index >= 15 is 0 Å². The molecule has 0 bridgehead atoms. The van der Waals surface area contributed by atoms with Crippen molar-refractivity contribution in [3.63, 3.8) is 0 Å². The van der Waals surface area contributed by atoms with Crippen molar-refractivity contribution in [1.29, 1.82) is 0 Å². The van der Waals surface area contributed by atoms with Crippen LogP contribution in [0.4, 0.5) is 0 Å². The van der Waals surface area contributed by atoms with E-state index in [0.29, 0.717) is 10.4 Å². The number of hydrogen-bond acceptors (Lipinski definition) is 2. The van der Waals surface area contributed by atoms with Crippen LogP contribution in [0.2, 0.25) is 0 Å². The Morgan fingerprint density at radius 2 is 2.00 bits per heavy atom. The molecule has 0 fully saturated rings. The summed E-state index contributed by atoms with van der Waals surface area (Å²) in [4.78, 5) is 0. The first-order valence-electron chi connectivity index (χ1n) is 3.33.